The van der Waals surface area contributed by atoms with E-state index >= 15 is 0 Å². The van der Waals surface area contributed by atoms with Gasteiger partial charge < -0.3 is 15.8 Å². The number of carbonyl (C=O) groups is 1. The number of carbonyl (C=O) groups excluding carboxylic acids is 1. The third-order valence-corrected chi connectivity index (χ3v) is 3.24. The lowest BCUT2D eigenvalue weighted by Crippen LogP contribution is -2.20. The molecule has 0 saturated heterocycles. The van der Waals surface area contributed by atoms with Gasteiger partial charge in [-0.2, -0.15) is 0 Å². The van der Waals surface area contributed by atoms with E-state index in [0.29, 0.717) is 6.61 Å². The number of nitrogens with one attached hydrogen (secondary N) is 1. The van der Waals surface area contributed by atoms with E-state index < -0.39 is 0 Å². The normalized spacial score (nSPS) is 11.7. The summed E-state index contributed by atoms with van der Waals surface area (Å²) in [6.07, 6.45) is 1.22. The van der Waals surface area contributed by atoms with Gasteiger partial charge in [-0.05, 0) is 36.2 Å². The van der Waals surface area contributed by atoms with Crippen molar-refractivity contribution in [2.45, 2.75) is 25.8 Å². The molecule has 1 amide bonds. The molecule has 0 aliphatic heterocycles. The molecular weight excluding hydrogens is 276 g/mol. The fraction of sp³-hybridized carbons (Fsp3) is 0.278. The lowest BCUT2D eigenvalue weighted by atomic mass is 10.0. The van der Waals surface area contributed by atoms with Crippen molar-refractivity contribution in [1.82, 2.24) is 0 Å². The number of hydrogen-bond acceptors (Lipinski definition) is 3. The van der Waals surface area contributed by atoms with Crippen LogP contribution in [0, 0.1) is 0 Å². The fourth-order valence-corrected chi connectivity index (χ4v) is 2.08. The first-order valence-corrected chi connectivity index (χ1v) is 7.52. The Morgan fingerprint density at radius 3 is 2.45 bits per heavy atom. The summed E-state index contributed by atoms with van der Waals surface area (Å²) in [5.74, 6) is 0.708. The Morgan fingerprint density at radius 2 is 1.82 bits per heavy atom. The second-order valence-electron chi connectivity index (χ2n) is 5.14. The molecule has 0 heterocycles. The summed E-state index contributed by atoms with van der Waals surface area (Å²) in [6, 6.07) is 16.7. The van der Waals surface area contributed by atoms with Crippen LogP contribution < -0.4 is 15.8 Å². The number of hydrogen-bond donors (Lipinski definition) is 2. The van der Waals surface area contributed by atoms with Gasteiger partial charge in [-0.3, -0.25) is 4.79 Å². The molecule has 22 heavy (non-hydrogen) atoms. The fourth-order valence-electron chi connectivity index (χ4n) is 2.08. The molecule has 3 N–H and O–H groups in total. The van der Waals surface area contributed by atoms with Gasteiger partial charge in [0.15, 0.2) is 0 Å². The molecule has 0 aliphatic carbocycles. The molecule has 4 heteroatoms. The highest BCUT2D eigenvalue weighted by atomic mass is 16.5. The van der Waals surface area contributed by atoms with Gasteiger partial charge >= 0.3 is 0 Å². The molecule has 0 fully saturated rings. The molecule has 0 aliphatic rings. The second kappa shape index (κ2) is 8.20. The molecule has 0 aromatic heterocycles. The van der Waals surface area contributed by atoms with E-state index in [2.05, 4.69) is 12.2 Å². The topological polar surface area (TPSA) is 64.3 Å². The molecule has 0 saturated carbocycles. The van der Waals surface area contributed by atoms with Gasteiger partial charge in [0.05, 0.1) is 6.61 Å². The van der Waals surface area contributed by atoms with Gasteiger partial charge in [0.25, 0.3) is 0 Å². The summed E-state index contributed by atoms with van der Waals surface area (Å²) in [7, 11) is 0. The van der Waals surface area contributed by atoms with Crippen LogP contribution in [0.3, 0.4) is 0 Å². The zero-order valence-corrected chi connectivity index (χ0v) is 12.8. The van der Waals surface area contributed by atoms with Crippen molar-refractivity contribution in [2.75, 3.05) is 11.9 Å². The predicted octanol–water partition coefficient (Wildman–Crippen LogP) is 3.50. The molecule has 4 nitrogen and oxygen atoms in total. The first-order chi connectivity index (χ1) is 10.7. The third-order valence-electron chi connectivity index (χ3n) is 3.24. The van der Waals surface area contributed by atoms with Gasteiger partial charge in [0.2, 0.25) is 5.91 Å². The monoisotopic (exact) mass is 298 g/mol. The van der Waals surface area contributed by atoms with Crippen LogP contribution in [0.15, 0.2) is 54.6 Å². The first kappa shape index (κ1) is 16.0. The van der Waals surface area contributed by atoms with Crippen LogP contribution in [0.1, 0.15) is 31.4 Å². The van der Waals surface area contributed by atoms with E-state index in [4.69, 9.17) is 10.5 Å². The minimum Gasteiger partial charge on any atom is -0.494 e. The largest absolute Gasteiger partial charge is 0.494 e. The smallest absolute Gasteiger partial charge is 0.226 e. The minimum absolute atomic E-state index is 0.0985. The van der Waals surface area contributed by atoms with Gasteiger partial charge in [-0.25, -0.2) is 0 Å². The van der Waals surface area contributed by atoms with Gasteiger partial charge in [0, 0.05) is 18.2 Å². The summed E-state index contributed by atoms with van der Waals surface area (Å²) in [4.78, 5) is 12.0. The maximum Gasteiger partial charge on any atom is 0.226 e. The molecule has 0 spiro atoms. The third kappa shape index (κ3) is 4.90. The summed E-state index contributed by atoms with van der Waals surface area (Å²) in [6.45, 7) is 2.75. The lowest BCUT2D eigenvalue weighted by Gasteiger charge is -2.12. The maximum atomic E-state index is 12.0. The highest BCUT2D eigenvalue weighted by Gasteiger charge is 2.11. The highest BCUT2D eigenvalue weighted by Crippen LogP contribution is 2.18. The standard InChI is InChI=1S/C18H22N2O2/c1-2-12-22-16-10-8-15(9-11-16)20-18(21)13-17(19)14-6-4-3-5-7-14/h3-11,17H,2,12-13,19H2,1H3,(H,20,21). The first-order valence-electron chi connectivity index (χ1n) is 7.52. The number of rotatable bonds is 7. The summed E-state index contributed by atoms with van der Waals surface area (Å²) in [5.41, 5.74) is 7.75. The number of nitrogens with two attached hydrogens (primary N) is 1. The minimum atomic E-state index is -0.298. The van der Waals surface area contributed by atoms with Crippen LogP contribution in [0.25, 0.3) is 0 Å². The van der Waals surface area contributed by atoms with Crippen molar-refractivity contribution >= 4 is 11.6 Å². The second-order valence-corrected chi connectivity index (χ2v) is 5.14. The van der Waals surface area contributed by atoms with Crippen LogP contribution in [-0.2, 0) is 4.79 Å². The number of amides is 1. The maximum absolute atomic E-state index is 12.0. The van der Waals surface area contributed by atoms with Crippen molar-refractivity contribution in [3.8, 4) is 5.75 Å². The SMILES string of the molecule is CCCOc1ccc(NC(=O)CC(N)c2ccccc2)cc1. The van der Waals surface area contributed by atoms with E-state index in [1.54, 1.807) is 0 Å². The van der Waals surface area contributed by atoms with Gasteiger partial charge in [0.1, 0.15) is 5.75 Å². The Balaban J connectivity index is 1.86. The number of ether oxygens (including phenoxy) is 1. The highest BCUT2D eigenvalue weighted by molar-refractivity contribution is 5.91. The van der Waals surface area contributed by atoms with Crippen LogP contribution in [0.2, 0.25) is 0 Å². The molecule has 0 bridgehead atoms. The van der Waals surface area contributed by atoms with E-state index in [1.165, 1.54) is 0 Å². The van der Waals surface area contributed by atoms with Crippen LogP contribution >= 0.6 is 0 Å². The predicted molar refractivity (Wildman–Crippen MR) is 88.8 cm³/mol. The lowest BCUT2D eigenvalue weighted by molar-refractivity contribution is -0.116. The van der Waals surface area contributed by atoms with E-state index in [1.807, 2.05) is 54.6 Å². The van der Waals surface area contributed by atoms with Crippen molar-refractivity contribution in [2.24, 2.45) is 5.73 Å². The van der Waals surface area contributed by atoms with Crippen LogP contribution in [0.5, 0.6) is 5.75 Å². The Morgan fingerprint density at radius 1 is 1.14 bits per heavy atom. The van der Waals surface area contributed by atoms with E-state index in [9.17, 15) is 4.79 Å². The Kier molecular flexibility index (Phi) is 5.98. The van der Waals surface area contributed by atoms with Gasteiger partial charge in [-0.15, -0.1) is 0 Å². The van der Waals surface area contributed by atoms with Crippen molar-refractivity contribution in [3.05, 3.63) is 60.2 Å². The van der Waals surface area contributed by atoms with E-state index in [0.717, 1.165) is 23.4 Å². The molecule has 2 aromatic carbocycles. The van der Waals surface area contributed by atoms with E-state index in [-0.39, 0.29) is 18.4 Å². The molecule has 1 unspecified atom stereocenters. The molecule has 0 radical (unpaired) electrons. The Hall–Kier alpha value is -2.33. The molecule has 2 aromatic rings. The zero-order chi connectivity index (χ0) is 15.8. The van der Waals surface area contributed by atoms with Crippen LogP contribution in [-0.4, -0.2) is 12.5 Å². The van der Waals surface area contributed by atoms with Crippen molar-refractivity contribution in [3.63, 3.8) is 0 Å². The summed E-state index contributed by atoms with van der Waals surface area (Å²) < 4.78 is 5.50. The Labute approximate surface area is 131 Å². The average Bonchev–Trinajstić information content (AvgIpc) is 2.55. The molecule has 1 atom stereocenters. The van der Waals surface area contributed by atoms with Crippen LogP contribution in [0.4, 0.5) is 5.69 Å². The molecule has 2 rings (SSSR count). The van der Waals surface area contributed by atoms with Crippen molar-refractivity contribution < 1.29 is 9.53 Å². The number of benzene rings is 2. The quantitative estimate of drug-likeness (QED) is 0.822. The zero-order valence-electron chi connectivity index (χ0n) is 12.8. The summed E-state index contributed by atoms with van der Waals surface area (Å²) >= 11 is 0. The molecule has 116 valence electrons. The number of anilines is 1. The average molecular weight is 298 g/mol. The summed E-state index contributed by atoms with van der Waals surface area (Å²) in [5, 5.41) is 2.85. The van der Waals surface area contributed by atoms with Gasteiger partial charge in [-0.1, -0.05) is 37.3 Å². The van der Waals surface area contributed by atoms with Crippen molar-refractivity contribution in [1.29, 1.82) is 0 Å². The Bertz CT molecular complexity index is 582. The molecular formula is C18H22N2O2.